The zero-order valence-electron chi connectivity index (χ0n) is 20.3. The minimum absolute atomic E-state index is 0.00903. The van der Waals surface area contributed by atoms with Crippen molar-refractivity contribution in [2.45, 2.75) is 84.0 Å². The molecule has 9 heteroatoms. The number of carbonyl (C=O) groups is 2. The number of hydrogen-bond acceptors (Lipinski definition) is 6. The van der Waals surface area contributed by atoms with Crippen LogP contribution in [0.5, 0.6) is 0 Å². The number of ether oxygens (including phenoxy) is 1. The van der Waals surface area contributed by atoms with Crippen molar-refractivity contribution in [2.24, 2.45) is 28.9 Å². The first-order chi connectivity index (χ1) is 15.0. The molecule has 8 nitrogen and oxygen atoms in total. The Kier molecular flexibility index (Phi) is 6.66. The maximum absolute atomic E-state index is 12.9. The third-order valence-corrected chi connectivity index (χ3v) is 8.45. The summed E-state index contributed by atoms with van der Waals surface area (Å²) in [5.41, 5.74) is 6.08. The molecule has 3 saturated carbocycles. The minimum atomic E-state index is -0.897. The van der Waals surface area contributed by atoms with E-state index in [2.05, 4.69) is 39.9 Å². The summed E-state index contributed by atoms with van der Waals surface area (Å²) in [5, 5.41) is 3.07. The fourth-order valence-electron chi connectivity index (χ4n) is 6.33. The van der Waals surface area contributed by atoms with E-state index in [-0.39, 0.29) is 41.3 Å². The average molecular weight is 449 g/mol. The van der Waals surface area contributed by atoms with Crippen LogP contribution in [0.25, 0.3) is 0 Å². The third kappa shape index (κ3) is 4.33. The molecule has 32 heavy (non-hydrogen) atoms. The molecule has 0 aromatic heterocycles. The maximum Gasteiger partial charge on any atom is 0.481 e. The quantitative estimate of drug-likeness (QED) is 0.569. The number of amides is 2. The van der Waals surface area contributed by atoms with Gasteiger partial charge in [0.25, 0.3) is 0 Å². The smallest absolute Gasteiger partial charge is 0.404 e. The third-order valence-electron chi connectivity index (χ3n) is 8.45. The molecule has 2 amide bonds. The zero-order chi connectivity index (χ0) is 23.3. The summed E-state index contributed by atoms with van der Waals surface area (Å²) in [4.78, 5) is 27.2. The fraction of sp³-hybridized carbons (Fsp3) is 0.913. The number of nitrogens with two attached hydrogens (primary N) is 1. The summed E-state index contributed by atoms with van der Waals surface area (Å²) in [6.07, 6.45) is 2.97. The Balaban J connectivity index is 1.38. The first-order valence-electron chi connectivity index (χ1n) is 12.3. The Labute approximate surface area is 192 Å². The Morgan fingerprint density at radius 2 is 1.88 bits per heavy atom. The van der Waals surface area contributed by atoms with E-state index in [0.29, 0.717) is 44.1 Å². The van der Waals surface area contributed by atoms with E-state index >= 15 is 0 Å². The van der Waals surface area contributed by atoms with Crippen molar-refractivity contribution in [3.05, 3.63) is 0 Å². The lowest BCUT2D eigenvalue weighted by molar-refractivity contribution is -0.199. The Hall–Kier alpha value is -1.16. The molecular formula is C23H40BN3O5. The summed E-state index contributed by atoms with van der Waals surface area (Å²) in [6.45, 7) is 13.2. The first-order valence-corrected chi connectivity index (χ1v) is 12.3. The van der Waals surface area contributed by atoms with E-state index in [0.717, 1.165) is 12.8 Å². The molecule has 2 aliphatic heterocycles. The second-order valence-corrected chi connectivity index (χ2v) is 11.4. The second-order valence-electron chi connectivity index (χ2n) is 11.4. The molecule has 0 aromatic carbocycles. The molecule has 0 spiro atoms. The number of hydrogen-bond donors (Lipinski definition) is 2. The SMILES string of the molecule is CC(C)C[C@H](NC(=O)C(N)CC(=O)N1CCOCC1)B1O[C@@H]2C[C@@H]3C[C@@H](C3(C)C)[C@]2(C)O1. The van der Waals surface area contributed by atoms with Crippen LogP contribution in [-0.2, 0) is 23.6 Å². The average Bonchev–Trinajstić information content (AvgIpc) is 3.10. The van der Waals surface area contributed by atoms with Crippen molar-refractivity contribution in [1.82, 2.24) is 10.2 Å². The van der Waals surface area contributed by atoms with Crippen molar-refractivity contribution in [3.63, 3.8) is 0 Å². The van der Waals surface area contributed by atoms with Crippen LogP contribution in [0.3, 0.4) is 0 Å². The summed E-state index contributed by atoms with van der Waals surface area (Å²) in [5.74, 6) is 0.756. The van der Waals surface area contributed by atoms with Gasteiger partial charge < -0.3 is 30.0 Å². The van der Waals surface area contributed by atoms with Gasteiger partial charge in [0.15, 0.2) is 0 Å². The molecule has 0 radical (unpaired) electrons. The Morgan fingerprint density at radius 1 is 1.19 bits per heavy atom. The van der Waals surface area contributed by atoms with Crippen molar-refractivity contribution < 1.29 is 23.6 Å². The molecule has 2 bridgehead atoms. The van der Waals surface area contributed by atoms with Gasteiger partial charge >= 0.3 is 7.12 Å². The number of nitrogens with one attached hydrogen (secondary N) is 1. The monoisotopic (exact) mass is 449 g/mol. The number of nitrogens with zero attached hydrogens (tertiary/aromatic N) is 1. The van der Waals surface area contributed by atoms with E-state index in [1.807, 2.05) is 0 Å². The van der Waals surface area contributed by atoms with Gasteiger partial charge in [-0.25, -0.2) is 0 Å². The van der Waals surface area contributed by atoms with Crippen molar-refractivity contribution >= 4 is 18.9 Å². The minimum Gasteiger partial charge on any atom is -0.404 e. The molecule has 2 saturated heterocycles. The van der Waals surface area contributed by atoms with Gasteiger partial charge in [-0.1, -0.05) is 27.7 Å². The van der Waals surface area contributed by atoms with Gasteiger partial charge in [0.2, 0.25) is 11.8 Å². The summed E-state index contributed by atoms with van der Waals surface area (Å²) >= 11 is 0. The first kappa shape index (κ1) is 24.0. The van der Waals surface area contributed by atoms with Gasteiger partial charge in [0.1, 0.15) is 0 Å². The van der Waals surface area contributed by atoms with Crippen LogP contribution in [0.4, 0.5) is 0 Å². The van der Waals surface area contributed by atoms with Crippen molar-refractivity contribution in [3.8, 4) is 0 Å². The highest BCUT2D eigenvalue weighted by atomic mass is 16.7. The predicted molar refractivity (Wildman–Crippen MR) is 121 cm³/mol. The van der Waals surface area contributed by atoms with E-state index < -0.39 is 13.2 Å². The molecule has 2 heterocycles. The van der Waals surface area contributed by atoms with Gasteiger partial charge in [-0.3, -0.25) is 9.59 Å². The van der Waals surface area contributed by atoms with E-state index in [9.17, 15) is 9.59 Å². The Bertz CT molecular complexity index is 728. The Morgan fingerprint density at radius 3 is 2.50 bits per heavy atom. The maximum atomic E-state index is 12.9. The molecule has 3 N–H and O–H groups in total. The molecule has 5 rings (SSSR count). The van der Waals surface area contributed by atoms with Crippen LogP contribution < -0.4 is 11.1 Å². The van der Waals surface area contributed by atoms with Crippen LogP contribution in [0, 0.1) is 23.2 Å². The van der Waals surface area contributed by atoms with Gasteiger partial charge in [-0.15, -0.1) is 0 Å². The molecule has 3 aliphatic carbocycles. The number of carbonyl (C=O) groups excluding carboxylic acids is 2. The van der Waals surface area contributed by atoms with Crippen LogP contribution in [0.1, 0.15) is 60.3 Å². The highest BCUT2D eigenvalue weighted by Crippen LogP contribution is 2.65. The molecule has 5 aliphatic rings. The summed E-state index contributed by atoms with van der Waals surface area (Å²) in [6, 6.07) is -0.897. The van der Waals surface area contributed by atoms with E-state index in [1.54, 1.807) is 4.90 Å². The molecule has 6 atom stereocenters. The van der Waals surface area contributed by atoms with Crippen LogP contribution in [0.15, 0.2) is 0 Å². The van der Waals surface area contributed by atoms with Gasteiger partial charge in [-0.05, 0) is 49.4 Å². The van der Waals surface area contributed by atoms with E-state index in [4.69, 9.17) is 19.8 Å². The topological polar surface area (TPSA) is 103 Å². The fourth-order valence-corrected chi connectivity index (χ4v) is 6.33. The lowest BCUT2D eigenvalue weighted by atomic mass is 9.43. The highest BCUT2D eigenvalue weighted by molar-refractivity contribution is 6.47. The second kappa shape index (κ2) is 8.89. The largest absolute Gasteiger partial charge is 0.481 e. The molecular weight excluding hydrogens is 409 g/mol. The number of rotatable bonds is 7. The highest BCUT2D eigenvalue weighted by Gasteiger charge is 2.68. The van der Waals surface area contributed by atoms with Crippen LogP contribution in [-0.4, -0.2) is 73.8 Å². The van der Waals surface area contributed by atoms with Crippen LogP contribution in [0.2, 0.25) is 0 Å². The normalized spacial score (nSPS) is 35.2. The molecule has 0 aromatic rings. The number of morpholine rings is 1. The van der Waals surface area contributed by atoms with E-state index in [1.165, 1.54) is 6.42 Å². The predicted octanol–water partition coefficient (Wildman–Crippen LogP) is 1.36. The molecule has 1 unspecified atom stereocenters. The van der Waals surface area contributed by atoms with Crippen molar-refractivity contribution in [1.29, 1.82) is 0 Å². The van der Waals surface area contributed by atoms with Gasteiger partial charge in [0, 0.05) is 13.1 Å². The lowest BCUT2D eigenvalue weighted by Crippen LogP contribution is -2.65. The van der Waals surface area contributed by atoms with Gasteiger partial charge in [0.05, 0.1) is 43.3 Å². The molecule has 5 fully saturated rings. The zero-order valence-corrected chi connectivity index (χ0v) is 20.3. The lowest BCUT2D eigenvalue weighted by Gasteiger charge is -2.64. The van der Waals surface area contributed by atoms with Gasteiger partial charge in [-0.2, -0.15) is 0 Å². The van der Waals surface area contributed by atoms with Crippen molar-refractivity contribution in [2.75, 3.05) is 26.3 Å². The molecule has 180 valence electrons. The summed E-state index contributed by atoms with van der Waals surface area (Å²) in [7, 11) is -0.492. The summed E-state index contributed by atoms with van der Waals surface area (Å²) < 4.78 is 18.3. The van der Waals surface area contributed by atoms with Crippen LogP contribution >= 0.6 is 0 Å². The standard InChI is InChI=1S/C23H40BN3O5/c1-14(2)10-19(26-21(29)16(25)13-20(28)27-6-8-30-9-7-27)24-31-18-12-15-11-17(22(15,3)4)23(18,5)32-24/h14-19H,6-13,25H2,1-5H3,(H,26,29)/t15-,16?,17-,18+,19-,23-/m0/s1.